The maximum Gasteiger partial charge on any atom is 0.491 e. The SMILES string of the molecule is CC(C)(C)OC(=O)N1CCn2nnc(-c3ccc(F)cc3F)c2C1.CC(C)(C)OC(=O)N1CCn2nnc(Br)c2C1.Fc1ccc(-c2nnn3c2CNCC3)c(F)c1.O=C(Nc1ccc(F)c(Cl)c1)N1CCn2nnc(-c3ccc(F)cc3F)c2C1.O=C(Nc1ccc(F)c(Cl)c1)Oc1ccccc1.OB(O)c1ccc(F)cc1F. The average molecular weight is 1710 g/mol. The molecule has 0 radical (unpaired) electrons. The van der Waals surface area contributed by atoms with Crippen LogP contribution in [0.2, 0.25) is 10.0 Å². The summed E-state index contributed by atoms with van der Waals surface area (Å²) in [6, 6.07) is 28.4. The summed E-state index contributed by atoms with van der Waals surface area (Å²) in [7, 11) is -1.89. The molecule has 8 heterocycles. The summed E-state index contributed by atoms with van der Waals surface area (Å²) < 4.78 is 155. The maximum atomic E-state index is 14.1. The van der Waals surface area contributed by atoms with Gasteiger partial charge >= 0.3 is 31.4 Å². The van der Waals surface area contributed by atoms with E-state index in [9.17, 15) is 63.1 Å². The normalized spacial score (nSPS) is 13.2. The maximum absolute atomic E-state index is 14.1. The van der Waals surface area contributed by atoms with Crippen LogP contribution >= 0.6 is 39.1 Å². The third-order valence-corrected chi connectivity index (χ3v) is 17.7. The Bertz CT molecular complexity index is 5310. The van der Waals surface area contributed by atoms with E-state index in [1.807, 2.05) is 26.8 Å². The van der Waals surface area contributed by atoms with Gasteiger partial charge in [-0.25, -0.2) is 81.8 Å². The van der Waals surface area contributed by atoms with E-state index < -0.39 is 94.7 Å². The van der Waals surface area contributed by atoms with Crippen LogP contribution < -0.4 is 26.2 Å². The predicted octanol–water partition coefficient (Wildman–Crippen LogP) is 13.9. The number of ether oxygens (including phenoxy) is 3. The first-order valence-corrected chi connectivity index (χ1v) is 36.3. The number of carbonyl (C=O) groups excluding carboxylic acids is 4. The van der Waals surface area contributed by atoms with Crippen LogP contribution in [0.1, 0.15) is 64.3 Å². The van der Waals surface area contributed by atoms with Crippen LogP contribution in [0.5, 0.6) is 5.75 Å². The van der Waals surface area contributed by atoms with Gasteiger partial charge in [0.05, 0.1) is 78.6 Å². The van der Waals surface area contributed by atoms with E-state index in [4.69, 9.17) is 47.5 Å². The molecule has 5 N–H and O–H groups in total. The second-order valence-electron chi connectivity index (χ2n) is 27.2. The van der Waals surface area contributed by atoms with Gasteiger partial charge < -0.3 is 49.6 Å². The summed E-state index contributed by atoms with van der Waals surface area (Å²) in [5, 5.41) is 56.9. The fraction of sp³-hybridized carbons (Fsp3) is 0.270. The summed E-state index contributed by atoms with van der Waals surface area (Å²) in [6.07, 6.45) is -1.40. The van der Waals surface area contributed by atoms with E-state index in [-0.39, 0.29) is 57.1 Å². The standard InChI is InChI=1S/C18H13ClF3N5O.C16H18F2N4O2.C13H9ClFNO2.C11H10F2N4.C10H15BrN4O2.C6H5BF2O2/c19-13-8-11(2-4-14(13)21)23-18(28)26-5-6-27-16(9-26)17(24-25-27)12-3-1-10(20)7-15(12)22;1-16(2,3)24-15(23)21-6-7-22-13(9-21)14(19-20-22)11-5-4-10(17)8-12(11)18;14-11-8-9(6-7-12(11)15)16-13(17)18-10-4-2-1-3-5-10;12-7-1-2-8(9(13)5-7)11-10-6-14-3-4-17(10)16-15-11;1-10(2,3)17-9(16)14-4-5-15-7(6-14)8(11)12-13-15;8-4-1-2-5(7(10)11)6(9)3-4/h1-4,7-8H,5-6,9H2,(H,23,28);4-5,8H,6-7,9H2,1-3H3;1-8H,(H,16,17);1-2,5,14H,3-4,6H2;4-6H2,1-3H3;1-3,10-11H. The number of hydrogen-bond donors (Lipinski definition) is 5. The number of para-hydroxylation sites is 1. The molecular formula is C74H70BBrCl2F10N18O9. The molecule has 4 aliphatic heterocycles. The van der Waals surface area contributed by atoms with Gasteiger partial charge in [-0.15, -0.1) is 20.4 Å². The molecule has 27 nitrogen and oxygen atoms in total. The molecule has 0 saturated heterocycles. The first kappa shape index (κ1) is 85.9. The molecule has 11 aromatic rings. The third kappa shape index (κ3) is 23.4. The highest BCUT2D eigenvalue weighted by molar-refractivity contribution is 9.10. The van der Waals surface area contributed by atoms with Crippen molar-refractivity contribution in [3.05, 3.63) is 235 Å². The van der Waals surface area contributed by atoms with Gasteiger partial charge in [-0.2, -0.15) is 0 Å². The lowest BCUT2D eigenvalue weighted by molar-refractivity contribution is 0.0184. The molecule has 4 aliphatic rings. The van der Waals surface area contributed by atoms with Gasteiger partial charge in [0.1, 0.15) is 92.2 Å². The van der Waals surface area contributed by atoms with E-state index in [1.54, 1.807) is 68.7 Å². The second kappa shape index (κ2) is 38.1. The number of nitrogens with one attached hydrogen (secondary N) is 3. The molecule has 0 unspecified atom stereocenters. The van der Waals surface area contributed by atoms with Crippen molar-refractivity contribution < 1.29 is 87.3 Å². The van der Waals surface area contributed by atoms with Crippen molar-refractivity contribution in [2.45, 2.75) is 105 Å². The van der Waals surface area contributed by atoms with E-state index >= 15 is 0 Å². The molecule has 604 valence electrons. The zero-order valence-electron chi connectivity index (χ0n) is 61.7. The highest BCUT2D eigenvalue weighted by Gasteiger charge is 2.33. The number of carbonyl (C=O) groups is 4. The molecule has 41 heteroatoms. The number of fused-ring (bicyclic) bond motifs is 4. The minimum absolute atomic E-state index is 0.0625. The third-order valence-electron chi connectivity index (χ3n) is 16.5. The van der Waals surface area contributed by atoms with Crippen molar-refractivity contribution in [2.75, 3.05) is 36.8 Å². The van der Waals surface area contributed by atoms with Crippen molar-refractivity contribution in [3.8, 4) is 39.5 Å². The van der Waals surface area contributed by atoms with E-state index in [2.05, 4.69) is 73.1 Å². The average Bonchev–Trinajstić information content (AvgIpc) is 1.67. The molecule has 0 bridgehead atoms. The Morgan fingerprint density at radius 1 is 0.461 bits per heavy atom. The number of anilines is 2. The Balaban J connectivity index is 0.000000149. The summed E-state index contributed by atoms with van der Waals surface area (Å²) in [5.74, 6) is -6.44. The number of nitrogens with zero attached hydrogens (tertiary/aromatic N) is 15. The Labute approximate surface area is 667 Å². The van der Waals surface area contributed by atoms with Crippen LogP contribution in [-0.2, 0) is 61.8 Å². The number of urea groups is 1. The lowest BCUT2D eigenvalue weighted by atomic mass is 9.80. The Morgan fingerprint density at radius 3 is 1.30 bits per heavy atom. The molecule has 5 amide bonds. The van der Waals surface area contributed by atoms with E-state index in [1.165, 1.54) is 70.5 Å². The fourth-order valence-corrected chi connectivity index (χ4v) is 11.9. The molecule has 0 aliphatic carbocycles. The van der Waals surface area contributed by atoms with Gasteiger partial charge in [-0.1, -0.05) is 68.3 Å². The molecule has 0 saturated carbocycles. The zero-order chi connectivity index (χ0) is 83.2. The van der Waals surface area contributed by atoms with Crippen molar-refractivity contribution in [3.63, 3.8) is 0 Å². The van der Waals surface area contributed by atoms with Gasteiger partial charge in [-0.3, -0.25) is 5.32 Å². The first-order valence-electron chi connectivity index (χ1n) is 34.7. The van der Waals surface area contributed by atoms with Crippen molar-refractivity contribution in [1.29, 1.82) is 0 Å². The summed E-state index contributed by atoms with van der Waals surface area (Å²) >= 11 is 14.6. The molecular weight excluding hydrogens is 1640 g/mol. The van der Waals surface area contributed by atoms with Crippen molar-refractivity contribution in [2.24, 2.45) is 0 Å². The quantitative estimate of drug-likeness (QED) is 0.0731. The number of benzene rings is 7. The monoisotopic (exact) mass is 1700 g/mol. The summed E-state index contributed by atoms with van der Waals surface area (Å²) in [4.78, 5) is 52.9. The van der Waals surface area contributed by atoms with Crippen molar-refractivity contribution >= 4 is 87.4 Å². The topological polar surface area (TPSA) is 305 Å². The Kier molecular flexibility index (Phi) is 28.4. The number of rotatable bonds is 7. The smallest absolute Gasteiger partial charge is 0.444 e. The molecule has 115 heavy (non-hydrogen) atoms. The van der Waals surface area contributed by atoms with Crippen LogP contribution in [0.25, 0.3) is 33.8 Å². The molecule has 0 fully saturated rings. The molecule has 0 atom stereocenters. The summed E-state index contributed by atoms with van der Waals surface area (Å²) in [5.41, 5.74) is 3.77. The van der Waals surface area contributed by atoms with Crippen LogP contribution in [0, 0.1) is 58.2 Å². The second-order valence-corrected chi connectivity index (χ2v) is 28.8. The predicted molar refractivity (Wildman–Crippen MR) is 403 cm³/mol. The van der Waals surface area contributed by atoms with E-state index in [0.29, 0.717) is 109 Å². The number of halogens is 13. The lowest BCUT2D eigenvalue weighted by Crippen LogP contribution is -2.41. The van der Waals surface area contributed by atoms with Gasteiger partial charge in [0, 0.05) is 90.5 Å². The highest BCUT2D eigenvalue weighted by atomic mass is 79.9. The molecule has 15 rings (SSSR count). The number of amides is 5. The molecule has 7 aromatic carbocycles. The number of hydrogen-bond acceptors (Lipinski definition) is 18. The highest BCUT2D eigenvalue weighted by Crippen LogP contribution is 2.32. The van der Waals surface area contributed by atoms with Crippen LogP contribution in [0.4, 0.5) is 74.5 Å². The Morgan fingerprint density at radius 2 is 0.861 bits per heavy atom. The van der Waals surface area contributed by atoms with Crippen LogP contribution in [0.15, 0.2) is 144 Å². The largest absolute Gasteiger partial charge is 0.491 e. The van der Waals surface area contributed by atoms with Gasteiger partial charge in [0.25, 0.3) is 0 Å². The lowest BCUT2D eigenvalue weighted by Gasteiger charge is -2.30. The molecule has 4 aromatic heterocycles. The van der Waals surface area contributed by atoms with Gasteiger partial charge in [0.2, 0.25) is 0 Å². The number of aromatic nitrogens is 12. The zero-order valence-corrected chi connectivity index (χ0v) is 64.8. The Hall–Kier alpha value is -11.5. The van der Waals surface area contributed by atoms with Crippen molar-refractivity contribution in [1.82, 2.24) is 80.0 Å². The molecule has 0 spiro atoms. The fourth-order valence-electron chi connectivity index (χ4n) is 11.1. The van der Waals surface area contributed by atoms with Gasteiger partial charge in [-0.05, 0) is 148 Å². The van der Waals surface area contributed by atoms with Gasteiger partial charge in [0.15, 0.2) is 4.60 Å². The minimum atomic E-state index is -1.89. The summed E-state index contributed by atoms with van der Waals surface area (Å²) in [6.45, 7) is 16.7. The van der Waals surface area contributed by atoms with E-state index in [0.717, 1.165) is 60.4 Å². The minimum Gasteiger partial charge on any atom is -0.444 e. The first-order chi connectivity index (χ1) is 54.5. The van der Waals surface area contributed by atoms with Crippen LogP contribution in [0.3, 0.4) is 0 Å². The van der Waals surface area contributed by atoms with Crippen LogP contribution in [-0.4, -0.2) is 154 Å².